The molecule has 0 aliphatic carbocycles. The molecule has 0 aromatic carbocycles. The SMILES string of the molecule is CNC(=O)CCCNn1cccc1. The van der Waals surface area contributed by atoms with Crippen LogP contribution in [0.4, 0.5) is 0 Å². The molecule has 1 aromatic heterocycles. The van der Waals surface area contributed by atoms with Crippen molar-refractivity contribution in [2.75, 3.05) is 19.0 Å². The fraction of sp³-hybridized carbons (Fsp3) is 0.444. The van der Waals surface area contributed by atoms with Gasteiger partial charge in [0.25, 0.3) is 0 Å². The summed E-state index contributed by atoms with van der Waals surface area (Å²) in [6, 6.07) is 3.90. The number of amides is 1. The molecule has 0 fully saturated rings. The minimum Gasteiger partial charge on any atom is -0.359 e. The molecule has 0 radical (unpaired) electrons. The zero-order chi connectivity index (χ0) is 9.52. The molecule has 13 heavy (non-hydrogen) atoms. The Labute approximate surface area is 77.9 Å². The van der Waals surface area contributed by atoms with Gasteiger partial charge in [-0.1, -0.05) is 0 Å². The molecule has 0 saturated heterocycles. The van der Waals surface area contributed by atoms with Gasteiger partial charge in [-0.25, -0.2) is 0 Å². The largest absolute Gasteiger partial charge is 0.359 e. The fourth-order valence-electron chi connectivity index (χ4n) is 1.02. The summed E-state index contributed by atoms with van der Waals surface area (Å²) in [6.07, 6.45) is 5.28. The lowest BCUT2D eigenvalue weighted by atomic mass is 10.3. The molecular weight excluding hydrogens is 166 g/mol. The van der Waals surface area contributed by atoms with E-state index in [0.717, 1.165) is 13.0 Å². The van der Waals surface area contributed by atoms with Crippen molar-refractivity contribution in [3.8, 4) is 0 Å². The summed E-state index contributed by atoms with van der Waals surface area (Å²) in [5.41, 5.74) is 3.14. The first-order chi connectivity index (χ1) is 6.33. The van der Waals surface area contributed by atoms with Gasteiger partial charge >= 0.3 is 0 Å². The molecule has 0 unspecified atom stereocenters. The van der Waals surface area contributed by atoms with E-state index in [1.54, 1.807) is 7.05 Å². The second-order valence-electron chi connectivity index (χ2n) is 2.78. The van der Waals surface area contributed by atoms with E-state index in [-0.39, 0.29) is 5.91 Å². The average Bonchev–Trinajstić information content (AvgIpc) is 2.64. The predicted molar refractivity (Wildman–Crippen MR) is 52.0 cm³/mol. The Hall–Kier alpha value is -1.45. The molecule has 0 spiro atoms. The number of carbonyl (C=O) groups excluding carboxylic acids is 1. The van der Waals surface area contributed by atoms with Crippen LogP contribution in [0.25, 0.3) is 0 Å². The minimum absolute atomic E-state index is 0.0920. The van der Waals surface area contributed by atoms with Crippen molar-refractivity contribution < 1.29 is 4.79 Å². The normalized spacial score (nSPS) is 9.62. The Morgan fingerprint density at radius 1 is 1.38 bits per heavy atom. The van der Waals surface area contributed by atoms with Crippen LogP contribution < -0.4 is 10.7 Å². The summed E-state index contributed by atoms with van der Waals surface area (Å²) in [6.45, 7) is 0.808. The molecule has 0 bridgehead atoms. The summed E-state index contributed by atoms with van der Waals surface area (Å²) in [5, 5.41) is 2.59. The van der Waals surface area contributed by atoms with Crippen LogP contribution in [0.15, 0.2) is 24.5 Å². The molecule has 2 N–H and O–H groups in total. The van der Waals surface area contributed by atoms with Crippen molar-refractivity contribution >= 4 is 5.91 Å². The van der Waals surface area contributed by atoms with E-state index < -0.39 is 0 Å². The number of hydrogen-bond donors (Lipinski definition) is 2. The second-order valence-corrected chi connectivity index (χ2v) is 2.78. The van der Waals surface area contributed by atoms with Gasteiger partial charge in [-0.2, -0.15) is 0 Å². The third-order valence-electron chi connectivity index (χ3n) is 1.76. The molecular formula is C9H15N3O. The highest BCUT2D eigenvalue weighted by Gasteiger charge is 1.95. The third kappa shape index (κ3) is 3.64. The molecule has 72 valence electrons. The van der Waals surface area contributed by atoms with Crippen LogP contribution in [0.3, 0.4) is 0 Å². The Kier molecular flexibility index (Phi) is 3.88. The van der Waals surface area contributed by atoms with Crippen LogP contribution >= 0.6 is 0 Å². The molecule has 1 heterocycles. The number of nitrogens with one attached hydrogen (secondary N) is 2. The van der Waals surface area contributed by atoms with Gasteiger partial charge in [0.2, 0.25) is 5.91 Å². The molecule has 0 aliphatic heterocycles. The number of hydrogen-bond acceptors (Lipinski definition) is 2. The monoisotopic (exact) mass is 181 g/mol. The lowest BCUT2D eigenvalue weighted by Gasteiger charge is -2.06. The van der Waals surface area contributed by atoms with Crippen molar-refractivity contribution in [1.82, 2.24) is 9.99 Å². The lowest BCUT2D eigenvalue weighted by molar-refractivity contribution is -0.120. The van der Waals surface area contributed by atoms with Gasteiger partial charge in [-0.3, -0.25) is 9.47 Å². The van der Waals surface area contributed by atoms with Crippen molar-refractivity contribution in [3.05, 3.63) is 24.5 Å². The topological polar surface area (TPSA) is 46.1 Å². The summed E-state index contributed by atoms with van der Waals surface area (Å²) < 4.78 is 1.88. The fourth-order valence-corrected chi connectivity index (χ4v) is 1.02. The highest BCUT2D eigenvalue weighted by molar-refractivity contribution is 5.75. The Balaban J connectivity index is 2.05. The second kappa shape index (κ2) is 5.24. The highest BCUT2D eigenvalue weighted by atomic mass is 16.1. The number of carbonyl (C=O) groups is 1. The maximum absolute atomic E-state index is 10.8. The number of nitrogens with zero attached hydrogens (tertiary/aromatic N) is 1. The van der Waals surface area contributed by atoms with E-state index in [9.17, 15) is 4.79 Å². The first-order valence-corrected chi connectivity index (χ1v) is 4.40. The van der Waals surface area contributed by atoms with Gasteiger partial charge in [0.05, 0.1) is 0 Å². The Morgan fingerprint density at radius 2 is 2.08 bits per heavy atom. The highest BCUT2D eigenvalue weighted by Crippen LogP contribution is 1.89. The van der Waals surface area contributed by atoms with E-state index in [2.05, 4.69) is 10.7 Å². The molecule has 0 aliphatic rings. The van der Waals surface area contributed by atoms with Gasteiger partial charge in [-0.15, -0.1) is 0 Å². The van der Waals surface area contributed by atoms with Crippen molar-refractivity contribution in [3.63, 3.8) is 0 Å². The Morgan fingerprint density at radius 3 is 2.69 bits per heavy atom. The van der Waals surface area contributed by atoms with Crippen molar-refractivity contribution in [2.24, 2.45) is 0 Å². The van der Waals surface area contributed by atoms with Crippen LogP contribution in [-0.2, 0) is 4.79 Å². The van der Waals surface area contributed by atoms with Crippen molar-refractivity contribution in [1.29, 1.82) is 0 Å². The first-order valence-electron chi connectivity index (χ1n) is 4.40. The van der Waals surface area contributed by atoms with Gasteiger partial charge in [0.15, 0.2) is 0 Å². The van der Waals surface area contributed by atoms with Gasteiger partial charge in [0.1, 0.15) is 0 Å². The lowest BCUT2D eigenvalue weighted by Crippen LogP contribution is -2.20. The zero-order valence-electron chi connectivity index (χ0n) is 7.79. The minimum atomic E-state index is 0.0920. The third-order valence-corrected chi connectivity index (χ3v) is 1.76. The van der Waals surface area contributed by atoms with E-state index >= 15 is 0 Å². The quantitative estimate of drug-likeness (QED) is 0.652. The molecule has 4 heteroatoms. The predicted octanol–water partition coefficient (Wildman–Crippen LogP) is 0.558. The zero-order valence-corrected chi connectivity index (χ0v) is 7.79. The maximum Gasteiger partial charge on any atom is 0.219 e. The van der Waals surface area contributed by atoms with E-state index in [4.69, 9.17) is 0 Å². The maximum atomic E-state index is 10.8. The van der Waals surface area contributed by atoms with Gasteiger partial charge in [0, 0.05) is 32.4 Å². The first kappa shape index (κ1) is 9.64. The van der Waals surface area contributed by atoms with Crippen LogP contribution in [0.2, 0.25) is 0 Å². The van der Waals surface area contributed by atoms with Crippen LogP contribution in [0.1, 0.15) is 12.8 Å². The molecule has 0 saturated carbocycles. The van der Waals surface area contributed by atoms with E-state index in [1.807, 2.05) is 29.2 Å². The van der Waals surface area contributed by atoms with Gasteiger partial charge in [-0.05, 0) is 18.6 Å². The van der Waals surface area contributed by atoms with Crippen molar-refractivity contribution in [2.45, 2.75) is 12.8 Å². The van der Waals surface area contributed by atoms with Gasteiger partial charge < -0.3 is 10.7 Å². The number of rotatable bonds is 5. The summed E-state index contributed by atoms with van der Waals surface area (Å²) in [5.74, 6) is 0.0920. The standard InChI is InChI=1S/C9H15N3O/c1-10-9(13)5-4-6-11-12-7-2-3-8-12/h2-3,7-8,11H,4-6H2,1H3,(H,10,13). The summed E-state index contributed by atoms with van der Waals surface area (Å²) in [7, 11) is 1.65. The number of aromatic nitrogens is 1. The van der Waals surface area contributed by atoms with Crippen LogP contribution in [-0.4, -0.2) is 24.2 Å². The summed E-state index contributed by atoms with van der Waals surface area (Å²) >= 11 is 0. The van der Waals surface area contributed by atoms with Crippen LogP contribution in [0, 0.1) is 0 Å². The smallest absolute Gasteiger partial charge is 0.219 e. The Bertz CT molecular complexity index is 243. The van der Waals surface area contributed by atoms with E-state index in [0.29, 0.717) is 6.42 Å². The van der Waals surface area contributed by atoms with Crippen LogP contribution in [0.5, 0.6) is 0 Å². The summed E-state index contributed by atoms with van der Waals surface area (Å²) in [4.78, 5) is 10.8. The molecule has 1 aromatic rings. The average molecular weight is 181 g/mol. The molecule has 1 amide bonds. The molecule has 4 nitrogen and oxygen atoms in total. The van der Waals surface area contributed by atoms with E-state index in [1.165, 1.54) is 0 Å². The molecule has 1 rings (SSSR count). The molecule has 0 atom stereocenters.